The predicted octanol–water partition coefficient (Wildman–Crippen LogP) is 1.55. The molecular formula is C20H25N3O3S. The van der Waals surface area contributed by atoms with Crippen molar-refractivity contribution < 1.29 is 14.3 Å². The van der Waals surface area contributed by atoms with Crippen molar-refractivity contribution in [2.24, 2.45) is 5.73 Å². The number of nitrogens with one attached hydrogen (secondary N) is 1. The fourth-order valence-corrected chi connectivity index (χ4v) is 3.80. The summed E-state index contributed by atoms with van der Waals surface area (Å²) in [5, 5.41) is 5.24. The Labute approximate surface area is 163 Å². The molecule has 0 bridgehead atoms. The second-order valence-electron chi connectivity index (χ2n) is 6.45. The molecule has 3 N–H and O–H groups in total. The van der Waals surface area contributed by atoms with Crippen LogP contribution in [0, 0.1) is 0 Å². The summed E-state index contributed by atoms with van der Waals surface area (Å²) in [5.74, 6) is 0.482. The SMILES string of the molecule is NCC(NC(=O)CSCC(=O)N1CCOCC1)c1ccc2ccccc2c1. The fourth-order valence-electron chi connectivity index (χ4n) is 3.07. The van der Waals surface area contributed by atoms with Crippen LogP contribution in [0.3, 0.4) is 0 Å². The first-order valence-corrected chi connectivity index (χ1v) is 10.2. The number of carbonyl (C=O) groups excluding carboxylic acids is 2. The first-order chi connectivity index (χ1) is 13.2. The van der Waals surface area contributed by atoms with E-state index in [1.165, 1.54) is 11.8 Å². The van der Waals surface area contributed by atoms with E-state index in [0.29, 0.717) is 38.6 Å². The molecule has 1 aliphatic rings. The molecule has 1 unspecified atom stereocenters. The third-order valence-corrected chi connectivity index (χ3v) is 5.49. The minimum absolute atomic E-state index is 0.0565. The molecule has 0 aliphatic carbocycles. The minimum atomic E-state index is -0.238. The summed E-state index contributed by atoms with van der Waals surface area (Å²) in [6, 6.07) is 13.9. The van der Waals surface area contributed by atoms with Crippen molar-refractivity contribution in [1.82, 2.24) is 10.2 Å². The van der Waals surface area contributed by atoms with E-state index in [1.54, 1.807) is 4.90 Å². The second-order valence-corrected chi connectivity index (χ2v) is 7.43. The lowest BCUT2D eigenvalue weighted by Crippen LogP contribution is -2.41. The molecule has 0 aromatic heterocycles. The summed E-state index contributed by atoms with van der Waals surface area (Å²) >= 11 is 1.33. The van der Waals surface area contributed by atoms with Gasteiger partial charge in [-0.2, -0.15) is 0 Å². The topological polar surface area (TPSA) is 84.7 Å². The van der Waals surface area contributed by atoms with E-state index < -0.39 is 0 Å². The van der Waals surface area contributed by atoms with Crippen LogP contribution >= 0.6 is 11.8 Å². The number of rotatable bonds is 7. The molecule has 3 rings (SSSR count). The summed E-state index contributed by atoms with van der Waals surface area (Å²) in [5.41, 5.74) is 6.86. The average molecular weight is 388 g/mol. The molecule has 7 heteroatoms. The Hall–Kier alpha value is -2.09. The van der Waals surface area contributed by atoms with Crippen molar-refractivity contribution in [3.8, 4) is 0 Å². The van der Waals surface area contributed by atoms with Crippen molar-refractivity contribution in [3.05, 3.63) is 48.0 Å². The zero-order chi connectivity index (χ0) is 19.1. The number of ether oxygens (including phenoxy) is 1. The zero-order valence-corrected chi connectivity index (χ0v) is 16.0. The largest absolute Gasteiger partial charge is 0.378 e. The van der Waals surface area contributed by atoms with Crippen LogP contribution in [0.4, 0.5) is 0 Å². The molecule has 2 aromatic rings. The van der Waals surface area contributed by atoms with E-state index >= 15 is 0 Å². The highest BCUT2D eigenvalue weighted by atomic mass is 32.2. The molecule has 27 heavy (non-hydrogen) atoms. The molecular weight excluding hydrogens is 362 g/mol. The third kappa shape index (κ3) is 5.45. The van der Waals surface area contributed by atoms with Gasteiger partial charge in [-0.15, -0.1) is 11.8 Å². The summed E-state index contributed by atoms with van der Waals surface area (Å²) in [7, 11) is 0. The summed E-state index contributed by atoms with van der Waals surface area (Å²) in [6.45, 7) is 2.74. The fraction of sp³-hybridized carbons (Fsp3) is 0.400. The normalized spacial score (nSPS) is 15.5. The molecule has 1 saturated heterocycles. The number of hydrogen-bond acceptors (Lipinski definition) is 5. The monoisotopic (exact) mass is 387 g/mol. The molecule has 0 saturated carbocycles. The minimum Gasteiger partial charge on any atom is -0.378 e. The number of fused-ring (bicyclic) bond motifs is 1. The van der Waals surface area contributed by atoms with Crippen molar-refractivity contribution in [1.29, 1.82) is 0 Å². The standard InChI is InChI=1S/C20H25N3O3S/c21-12-18(17-6-5-15-3-1-2-4-16(15)11-17)22-19(24)13-27-14-20(25)23-7-9-26-10-8-23/h1-6,11,18H,7-10,12-14,21H2,(H,22,24). The van der Waals surface area contributed by atoms with E-state index in [1.807, 2.05) is 30.3 Å². The highest BCUT2D eigenvalue weighted by Crippen LogP contribution is 2.20. The Balaban J connectivity index is 1.49. The molecule has 0 spiro atoms. The summed E-state index contributed by atoms with van der Waals surface area (Å²) in [4.78, 5) is 26.2. The first-order valence-electron chi connectivity index (χ1n) is 9.09. The van der Waals surface area contributed by atoms with Crippen molar-refractivity contribution in [2.75, 3.05) is 44.4 Å². The molecule has 144 valence electrons. The van der Waals surface area contributed by atoms with Crippen LogP contribution in [0.5, 0.6) is 0 Å². The molecule has 6 nitrogen and oxygen atoms in total. The molecule has 1 fully saturated rings. The Bertz CT molecular complexity index is 793. The molecule has 2 aromatic carbocycles. The number of morpholine rings is 1. The molecule has 0 radical (unpaired) electrons. The number of nitrogens with two attached hydrogens (primary N) is 1. The summed E-state index contributed by atoms with van der Waals surface area (Å²) < 4.78 is 5.24. The van der Waals surface area contributed by atoms with E-state index in [2.05, 4.69) is 17.4 Å². The number of nitrogens with zero attached hydrogens (tertiary/aromatic N) is 1. The Kier molecular flexibility index (Phi) is 7.09. The van der Waals surface area contributed by atoms with Gasteiger partial charge < -0.3 is 20.7 Å². The van der Waals surface area contributed by atoms with Crippen molar-refractivity contribution >= 4 is 34.3 Å². The maximum absolute atomic E-state index is 12.3. The Morgan fingerprint density at radius 2 is 1.85 bits per heavy atom. The number of carbonyl (C=O) groups is 2. The van der Waals surface area contributed by atoms with Crippen LogP contribution in [0.2, 0.25) is 0 Å². The lowest BCUT2D eigenvalue weighted by molar-refractivity contribution is -0.132. The smallest absolute Gasteiger partial charge is 0.232 e. The first kappa shape index (κ1) is 19.7. The van der Waals surface area contributed by atoms with Gasteiger partial charge in [0.1, 0.15) is 0 Å². The van der Waals surface area contributed by atoms with Crippen LogP contribution in [0.25, 0.3) is 10.8 Å². The van der Waals surface area contributed by atoms with Crippen LogP contribution in [0.15, 0.2) is 42.5 Å². The quantitative estimate of drug-likeness (QED) is 0.753. The maximum Gasteiger partial charge on any atom is 0.232 e. The molecule has 2 amide bonds. The van der Waals surface area contributed by atoms with Gasteiger partial charge in [-0.25, -0.2) is 0 Å². The Morgan fingerprint density at radius 1 is 1.11 bits per heavy atom. The number of amides is 2. The van der Waals surface area contributed by atoms with Gasteiger partial charge in [-0.05, 0) is 22.4 Å². The van der Waals surface area contributed by atoms with Crippen molar-refractivity contribution in [2.45, 2.75) is 6.04 Å². The van der Waals surface area contributed by atoms with E-state index in [0.717, 1.165) is 16.3 Å². The summed E-state index contributed by atoms with van der Waals surface area (Å²) in [6.07, 6.45) is 0. The lowest BCUT2D eigenvalue weighted by atomic mass is 10.0. The van der Waals surface area contributed by atoms with Gasteiger partial charge in [0.15, 0.2) is 0 Å². The van der Waals surface area contributed by atoms with Gasteiger partial charge in [-0.3, -0.25) is 9.59 Å². The van der Waals surface area contributed by atoms with Gasteiger partial charge in [0.2, 0.25) is 11.8 Å². The lowest BCUT2D eigenvalue weighted by Gasteiger charge is -2.26. The number of hydrogen-bond donors (Lipinski definition) is 2. The second kappa shape index (κ2) is 9.73. The Morgan fingerprint density at radius 3 is 2.59 bits per heavy atom. The molecule has 1 heterocycles. The van der Waals surface area contributed by atoms with Crippen LogP contribution in [-0.2, 0) is 14.3 Å². The maximum atomic E-state index is 12.3. The molecule has 1 aliphatic heterocycles. The zero-order valence-electron chi connectivity index (χ0n) is 15.2. The van der Waals surface area contributed by atoms with Gasteiger partial charge in [-0.1, -0.05) is 36.4 Å². The number of thioether (sulfide) groups is 1. The van der Waals surface area contributed by atoms with E-state index in [9.17, 15) is 9.59 Å². The third-order valence-electron chi connectivity index (χ3n) is 4.57. The average Bonchev–Trinajstić information content (AvgIpc) is 2.72. The predicted molar refractivity (Wildman–Crippen MR) is 109 cm³/mol. The van der Waals surface area contributed by atoms with E-state index in [-0.39, 0.29) is 23.6 Å². The van der Waals surface area contributed by atoms with Crippen LogP contribution < -0.4 is 11.1 Å². The van der Waals surface area contributed by atoms with Gasteiger partial charge in [0.25, 0.3) is 0 Å². The van der Waals surface area contributed by atoms with Gasteiger partial charge in [0.05, 0.1) is 30.8 Å². The van der Waals surface area contributed by atoms with Gasteiger partial charge >= 0.3 is 0 Å². The molecule has 1 atom stereocenters. The van der Waals surface area contributed by atoms with Crippen LogP contribution in [-0.4, -0.2) is 61.1 Å². The number of benzene rings is 2. The highest BCUT2D eigenvalue weighted by molar-refractivity contribution is 8.00. The highest BCUT2D eigenvalue weighted by Gasteiger charge is 2.18. The van der Waals surface area contributed by atoms with Gasteiger partial charge in [0, 0.05) is 19.6 Å². The van der Waals surface area contributed by atoms with Crippen molar-refractivity contribution in [3.63, 3.8) is 0 Å². The van der Waals surface area contributed by atoms with Crippen LogP contribution in [0.1, 0.15) is 11.6 Å². The van der Waals surface area contributed by atoms with E-state index in [4.69, 9.17) is 10.5 Å².